The second-order valence-electron chi connectivity index (χ2n) is 5.81. The molecule has 1 atom stereocenters. The summed E-state index contributed by atoms with van der Waals surface area (Å²) in [6.07, 6.45) is 3.98. The summed E-state index contributed by atoms with van der Waals surface area (Å²) in [5, 5.41) is 3.01. The van der Waals surface area contributed by atoms with E-state index in [1.54, 1.807) is 7.11 Å². The van der Waals surface area contributed by atoms with Gasteiger partial charge in [0.1, 0.15) is 5.75 Å². The minimum Gasteiger partial charge on any atom is -0.497 e. The van der Waals surface area contributed by atoms with Crippen molar-refractivity contribution >= 4 is 5.91 Å². The van der Waals surface area contributed by atoms with Crippen LogP contribution in [-0.4, -0.2) is 43.6 Å². The quantitative estimate of drug-likeness (QED) is 0.801. The number of hydrogen-bond acceptors (Lipinski definition) is 4. The molecule has 22 heavy (non-hydrogen) atoms. The Balaban J connectivity index is 1.92. The fourth-order valence-electron chi connectivity index (χ4n) is 2.96. The van der Waals surface area contributed by atoms with E-state index in [4.69, 9.17) is 10.5 Å². The van der Waals surface area contributed by atoms with E-state index in [1.165, 1.54) is 18.4 Å². The van der Waals surface area contributed by atoms with Crippen molar-refractivity contribution in [2.45, 2.75) is 38.3 Å². The van der Waals surface area contributed by atoms with Gasteiger partial charge in [-0.15, -0.1) is 0 Å². The largest absolute Gasteiger partial charge is 0.497 e. The number of rotatable bonds is 7. The topological polar surface area (TPSA) is 67.6 Å². The average Bonchev–Trinajstić information content (AvgIpc) is 2.54. The molecule has 1 fully saturated rings. The van der Waals surface area contributed by atoms with Crippen LogP contribution in [-0.2, 0) is 11.3 Å². The summed E-state index contributed by atoms with van der Waals surface area (Å²) >= 11 is 0. The van der Waals surface area contributed by atoms with Crippen LogP contribution in [0.1, 0.15) is 31.2 Å². The Bertz CT molecular complexity index is 479. The molecule has 5 heteroatoms. The second kappa shape index (κ2) is 8.76. The van der Waals surface area contributed by atoms with E-state index in [-0.39, 0.29) is 5.91 Å². The molecule has 1 heterocycles. The van der Waals surface area contributed by atoms with Gasteiger partial charge in [0, 0.05) is 32.1 Å². The lowest BCUT2D eigenvalue weighted by Gasteiger charge is -2.36. The van der Waals surface area contributed by atoms with Gasteiger partial charge in [-0.1, -0.05) is 18.6 Å². The number of ether oxygens (including phenoxy) is 1. The number of nitrogens with zero attached hydrogens (tertiary/aromatic N) is 1. The average molecular weight is 305 g/mol. The number of hydrogen-bond donors (Lipinski definition) is 2. The zero-order valence-electron chi connectivity index (χ0n) is 13.4. The number of nitrogens with one attached hydrogen (secondary N) is 1. The minimum atomic E-state index is 0.0504. The van der Waals surface area contributed by atoms with Crippen molar-refractivity contribution < 1.29 is 9.53 Å². The molecule has 1 aliphatic rings. The summed E-state index contributed by atoms with van der Waals surface area (Å²) < 4.78 is 5.29. The first-order valence-corrected chi connectivity index (χ1v) is 8.06. The van der Waals surface area contributed by atoms with Crippen LogP contribution in [0.3, 0.4) is 0 Å². The number of piperidine rings is 1. The van der Waals surface area contributed by atoms with Gasteiger partial charge in [0.2, 0.25) is 5.91 Å². The van der Waals surface area contributed by atoms with Crippen molar-refractivity contribution in [3.8, 4) is 5.75 Å². The van der Waals surface area contributed by atoms with E-state index in [0.29, 0.717) is 25.6 Å². The first-order chi connectivity index (χ1) is 10.7. The number of carbonyl (C=O) groups excluding carboxylic acids is 1. The summed E-state index contributed by atoms with van der Waals surface area (Å²) in [6, 6.07) is 8.60. The SMILES string of the molecule is COc1cccc(CN2CCCCC2CNC(=O)CCN)c1. The second-order valence-corrected chi connectivity index (χ2v) is 5.81. The third-order valence-corrected chi connectivity index (χ3v) is 4.18. The molecule has 1 unspecified atom stereocenters. The molecule has 0 spiro atoms. The summed E-state index contributed by atoms with van der Waals surface area (Å²) in [5.41, 5.74) is 6.66. The molecule has 1 saturated heterocycles. The van der Waals surface area contributed by atoms with Gasteiger partial charge >= 0.3 is 0 Å². The molecule has 1 aliphatic heterocycles. The molecule has 122 valence electrons. The van der Waals surface area contributed by atoms with Crippen LogP contribution < -0.4 is 15.8 Å². The maximum absolute atomic E-state index is 11.6. The van der Waals surface area contributed by atoms with Gasteiger partial charge in [-0.3, -0.25) is 9.69 Å². The summed E-state index contributed by atoms with van der Waals surface area (Å²) in [6.45, 7) is 3.09. The van der Waals surface area contributed by atoms with E-state index >= 15 is 0 Å². The van der Waals surface area contributed by atoms with Crippen molar-refractivity contribution in [3.63, 3.8) is 0 Å². The molecular weight excluding hydrogens is 278 g/mol. The summed E-state index contributed by atoms with van der Waals surface area (Å²) in [7, 11) is 1.69. The number of amides is 1. The molecule has 5 nitrogen and oxygen atoms in total. The van der Waals surface area contributed by atoms with Gasteiger partial charge in [0.05, 0.1) is 7.11 Å². The van der Waals surface area contributed by atoms with Crippen LogP contribution in [0.4, 0.5) is 0 Å². The Labute approximate surface area is 132 Å². The first-order valence-electron chi connectivity index (χ1n) is 8.06. The van der Waals surface area contributed by atoms with Gasteiger partial charge in [-0.25, -0.2) is 0 Å². The standard InChI is InChI=1S/C17H27N3O2/c1-22-16-7-4-5-14(11-16)13-20-10-3-2-6-15(20)12-19-17(21)8-9-18/h4-5,7,11,15H,2-3,6,8-10,12-13,18H2,1H3,(H,19,21). The number of carbonyl (C=O) groups is 1. The molecule has 3 N–H and O–H groups in total. The highest BCUT2D eigenvalue weighted by atomic mass is 16.5. The van der Waals surface area contributed by atoms with Crippen molar-refractivity contribution in [2.24, 2.45) is 5.73 Å². The van der Waals surface area contributed by atoms with E-state index in [2.05, 4.69) is 22.3 Å². The minimum absolute atomic E-state index is 0.0504. The van der Waals surface area contributed by atoms with E-state index < -0.39 is 0 Å². The molecule has 0 aliphatic carbocycles. The van der Waals surface area contributed by atoms with Crippen molar-refractivity contribution in [2.75, 3.05) is 26.7 Å². The van der Waals surface area contributed by atoms with Crippen LogP contribution in [0.2, 0.25) is 0 Å². The fourth-order valence-corrected chi connectivity index (χ4v) is 2.96. The van der Waals surface area contributed by atoms with E-state index in [1.807, 2.05) is 12.1 Å². The highest BCUT2D eigenvalue weighted by Gasteiger charge is 2.22. The lowest BCUT2D eigenvalue weighted by Crippen LogP contribution is -2.46. The number of benzene rings is 1. The third kappa shape index (κ3) is 5.00. The number of likely N-dealkylation sites (tertiary alicyclic amines) is 1. The Hall–Kier alpha value is -1.59. The van der Waals surface area contributed by atoms with Gasteiger partial charge in [0.15, 0.2) is 0 Å². The van der Waals surface area contributed by atoms with Crippen LogP contribution in [0.25, 0.3) is 0 Å². The van der Waals surface area contributed by atoms with Crippen molar-refractivity contribution in [1.82, 2.24) is 10.2 Å². The normalized spacial score (nSPS) is 18.9. The lowest BCUT2D eigenvalue weighted by atomic mass is 10.0. The first kappa shape index (κ1) is 16.8. The number of methoxy groups -OCH3 is 1. The predicted molar refractivity (Wildman–Crippen MR) is 87.7 cm³/mol. The van der Waals surface area contributed by atoms with Crippen LogP contribution in [0.15, 0.2) is 24.3 Å². The Kier molecular flexibility index (Phi) is 6.68. The molecule has 1 aromatic rings. The molecule has 1 aromatic carbocycles. The molecule has 0 aromatic heterocycles. The zero-order valence-corrected chi connectivity index (χ0v) is 13.4. The summed E-state index contributed by atoms with van der Waals surface area (Å²) in [4.78, 5) is 14.1. The summed E-state index contributed by atoms with van der Waals surface area (Å²) in [5.74, 6) is 0.941. The molecule has 0 radical (unpaired) electrons. The predicted octanol–water partition coefficient (Wildman–Crippen LogP) is 1.51. The molecule has 0 saturated carbocycles. The molecule has 0 bridgehead atoms. The number of nitrogens with two attached hydrogens (primary N) is 1. The van der Waals surface area contributed by atoms with Crippen molar-refractivity contribution in [3.05, 3.63) is 29.8 Å². The lowest BCUT2D eigenvalue weighted by molar-refractivity contribution is -0.121. The van der Waals surface area contributed by atoms with E-state index in [9.17, 15) is 4.79 Å². The smallest absolute Gasteiger partial charge is 0.221 e. The third-order valence-electron chi connectivity index (χ3n) is 4.18. The van der Waals surface area contributed by atoms with Gasteiger partial charge in [-0.05, 0) is 37.1 Å². The van der Waals surface area contributed by atoms with E-state index in [0.717, 1.165) is 25.3 Å². The molecule has 1 amide bonds. The van der Waals surface area contributed by atoms with Crippen molar-refractivity contribution in [1.29, 1.82) is 0 Å². The van der Waals surface area contributed by atoms with Crippen LogP contribution >= 0.6 is 0 Å². The maximum atomic E-state index is 11.6. The Morgan fingerprint density at radius 2 is 2.32 bits per heavy atom. The Morgan fingerprint density at radius 1 is 1.45 bits per heavy atom. The maximum Gasteiger partial charge on any atom is 0.221 e. The van der Waals surface area contributed by atoms with Gasteiger partial charge in [0.25, 0.3) is 0 Å². The highest BCUT2D eigenvalue weighted by Crippen LogP contribution is 2.21. The Morgan fingerprint density at radius 3 is 3.09 bits per heavy atom. The molecular formula is C17H27N3O2. The fraction of sp³-hybridized carbons (Fsp3) is 0.588. The van der Waals surface area contributed by atoms with Gasteiger partial charge in [-0.2, -0.15) is 0 Å². The zero-order chi connectivity index (χ0) is 15.8. The monoisotopic (exact) mass is 305 g/mol. The van der Waals surface area contributed by atoms with Crippen LogP contribution in [0, 0.1) is 0 Å². The van der Waals surface area contributed by atoms with Gasteiger partial charge < -0.3 is 15.8 Å². The van der Waals surface area contributed by atoms with Crippen LogP contribution in [0.5, 0.6) is 5.75 Å². The molecule has 2 rings (SSSR count). The highest BCUT2D eigenvalue weighted by molar-refractivity contribution is 5.76.